The number of amides is 1. The Hall–Kier alpha value is -0.650. The second-order valence-electron chi connectivity index (χ2n) is 4.77. The second-order valence-corrected chi connectivity index (χ2v) is 4.77. The van der Waals surface area contributed by atoms with E-state index in [1.54, 1.807) is 0 Å². The molecule has 3 N–H and O–H groups in total. The van der Waals surface area contributed by atoms with Gasteiger partial charge in [-0.15, -0.1) is 0 Å². The van der Waals surface area contributed by atoms with Crippen LogP contribution in [-0.2, 0) is 9.53 Å². The highest BCUT2D eigenvalue weighted by atomic mass is 16.5. The molecular formula is C13H26N2O3. The first-order valence-electron chi connectivity index (χ1n) is 6.98. The lowest BCUT2D eigenvalue weighted by Gasteiger charge is -2.32. The molecule has 0 bridgehead atoms. The number of carbonyl (C=O) groups is 1. The van der Waals surface area contributed by atoms with Gasteiger partial charge < -0.3 is 20.5 Å². The van der Waals surface area contributed by atoms with Gasteiger partial charge in [-0.25, -0.2) is 0 Å². The maximum Gasteiger partial charge on any atom is 0.222 e. The van der Waals surface area contributed by atoms with Crippen molar-refractivity contribution in [3.8, 4) is 0 Å². The Labute approximate surface area is 109 Å². The summed E-state index contributed by atoms with van der Waals surface area (Å²) >= 11 is 0. The van der Waals surface area contributed by atoms with Gasteiger partial charge in [-0.05, 0) is 32.2 Å². The number of hydrogen-bond donors (Lipinski definition) is 2. The predicted molar refractivity (Wildman–Crippen MR) is 70.2 cm³/mol. The number of nitrogens with two attached hydrogens (primary N) is 1. The molecule has 0 atom stereocenters. The minimum atomic E-state index is 0.0697. The van der Waals surface area contributed by atoms with E-state index in [1.807, 2.05) is 4.90 Å². The maximum atomic E-state index is 11.9. The molecule has 1 aliphatic heterocycles. The number of ether oxygens (including phenoxy) is 1. The van der Waals surface area contributed by atoms with E-state index in [4.69, 9.17) is 15.6 Å². The van der Waals surface area contributed by atoms with Gasteiger partial charge >= 0.3 is 0 Å². The van der Waals surface area contributed by atoms with Crippen LogP contribution in [0.4, 0.5) is 0 Å². The molecule has 1 fully saturated rings. The summed E-state index contributed by atoms with van der Waals surface area (Å²) in [5.74, 6) is 0.257. The first kappa shape index (κ1) is 15.4. The van der Waals surface area contributed by atoms with Gasteiger partial charge in [0.1, 0.15) is 0 Å². The van der Waals surface area contributed by atoms with Crippen LogP contribution in [-0.4, -0.2) is 54.9 Å². The molecule has 0 saturated carbocycles. The van der Waals surface area contributed by atoms with Crippen LogP contribution < -0.4 is 5.73 Å². The Morgan fingerprint density at radius 1 is 1.28 bits per heavy atom. The Morgan fingerprint density at radius 2 is 2.00 bits per heavy atom. The zero-order valence-corrected chi connectivity index (χ0v) is 11.1. The fourth-order valence-electron chi connectivity index (χ4n) is 2.25. The standard InChI is InChI=1S/C13H26N2O3/c14-7-3-1-2-4-13(17)15-8-5-12(6-9-15)18-11-10-16/h12,16H,1-11,14H2. The average molecular weight is 258 g/mol. The lowest BCUT2D eigenvalue weighted by atomic mass is 10.1. The van der Waals surface area contributed by atoms with Crippen LogP contribution in [0.2, 0.25) is 0 Å². The molecule has 18 heavy (non-hydrogen) atoms. The third kappa shape index (κ3) is 5.80. The summed E-state index contributed by atoms with van der Waals surface area (Å²) in [6.45, 7) is 2.75. The first-order chi connectivity index (χ1) is 8.77. The number of piperidine rings is 1. The van der Waals surface area contributed by atoms with Crippen LogP contribution in [0.15, 0.2) is 0 Å². The van der Waals surface area contributed by atoms with Crippen LogP contribution in [0.5, 0.6) is 0 Å². The number of carbonyl (C=O) groups excluding carboxylic acids is 1. The molecule has 1 heterocycles. The Morgan fingerprint density at radius 3 is 2.61 bits per heavy atom. The fraction of sp³-hybridized carbons (Fsp3) is 0.923. The zero-order valence-electron chi connectivity index (χ0n) is 11.1. The van der Waals surface area contributed by atoms with Crippen molar-refractivity contribution in [3.63, 3.8) is 0 Å². The summed E-state index contributed by atoms with van der Waals surface area (Å²) in [7, 11) is 0. The van der Waals surface area contributed by atoms with Crippen LogP contribution in [0.1, 0.15) is 38.5 Å². The number of aliphatic hydroxyl groups is 1. The topological polar surface area (TPSA) is 75.8 Å². The average Bonchev–Trinajstić information content (AvgIpc) is 2.41. The van der Waals surface area contributed by atoms with Crippen LogP contribution in [0.3, 0.4) is 0 Å². The van der Waals surface area contributed by atoms with E-state index in [9.17, 15) is 4.79 Å². The van der Waals surface area contributed by atoms with Crippen molar-refractivity contribution >= 4 is 5.91 Å². The fourth-order valence-corrected chi connectivity index (χ4v) is 2.25. The monoisotopic (exact) mass is 258 g/mol. The van der Waals surface area contributed by atoms with Gasteiger partial charge in [0, 0.05) is 19.5 Å². The van der Waals surface area contributed by atoms with Crippen molar-refractivity contribution in [2.75, 3.05) is 32.8 Å². The summed E-state index contributed by atoms with van der Waals surface area (Å²) in [6, 6.07) is 0. The van der Waals surface area contributed by atoms with E-state index in [0.29, 0.717) is 19.6 Å². The molecule has 0 aromatic heterocycles. The molecule has 0 unspecified atom stereocenters. The third-order valence-corrected chi connectivity index (χ3v) is 3.33. The largest absolute Gasteiger partial charge is 0.394 e. The molecule has 1 amide bonds. The number of unbranched alkanes of at least 4 members (excludes halogenated alkanes) is 2. The summed E-state index contributed by atoms with van der Waals surface area (Å²) < 4.78 is 5.47. The first-order valence-corrected chi connectivity index (χ1v) is 6.98. The van der Waals surface area contributed by atoms with Gasteiger partial charge in [-0.1, -0.05) is 6.42 Å². The Kier molecular flexibility index (Phi) is 7.96. The molecule has 0 spiro atoms. The molecule has 1 aliphatic rings. The van der Waals surface area contributed by atoms with Crippen molar-refractivity contribution < 1.29 is 14.6 Å². The molecule has 106 valence electrons. The van der Waals surface area contributed by atoms with Crippen LogP contribution in [0, 0.1) is 0 Å². The number of rotatable bonds is 8. The van der Waals surface area contributed by atoms with E-state index in [0.717, 1.165) is 45.2 Å². The SMILES string of the molecule is NCCCCCC(=O)N1CCC(OCCO)CC1. The lowest BCUT2D eigenvalue weighted by Crippen LogP contribution is -2.41. The molecule has 0 aromatic rings. The summed E-state index contributed by atoms with van der Waals surface area (Å²) in [4.78, 5) is 13.8. The van der Waals surface area contributed by atoms with E-state index >= 15 is 0 Å². The maximum absolute atomic E-state index is 11.9. The van der Waals surface area contributed by atoms with Gasteiger partial charge in [0.2, 0.25) is 5.91 Å². The highest BCUT2D eigenvalue weighted by Crippen LogP contribution is 2.15. The quantitative estimate of drug-likeness (QED) is 0.622. The summed E-state index contributed by atoms with van der Waals surface area (Å²) in [5.41, 5.74) is 5.42. The van der Waals surface area contributed by atoms with Crippen molar-refractivity contribution in [2.45, 2.75) is 44.6 Å². The molecule has 5 heteroatoms. The smallest absolute Gasteiger partial charge is 0.222 e. The Bertz CT molecular complexity index is 228. The van der Waals surface area contributed by atoms with E-state index in [-0.39, 0.29) is 18.6 Å². The van der Waals surface area contributed by atoms with Gasteiger partial charge in [0.15, 0.2) is 0 Å². The second kappa shape index (κ2) is 9.30. The van der Waals surface area contributed by atoms with Crippen molar-refractivity contribution in [3.05, 3.63) is 0 Å². The minimum absolute atomic E-state index is 0.0697. The molecule has 1 rings (SSSR count). The number of likely N-dealkylation sites (tertiary alicyclic amines) is 1. The van der Waals surface area contributed by atoms with Gasteiger partial charge in [0.25, 0.3) is 0 Å². The number of hydrogen-bond acceptors (Lipinski definition) is 4. The van der Waals surface area contributed by atoms with Crippen molar-refractivity contribution in [1.82, 2.24) is 4.90 Å². The Balaban J connectivity index is 2.11. The van der Waals surface area contributed by atoms with Gasteiger partial charge in [-0.3, -0.25) is 4.79 Å². The molecule has 0 radical (unpaired) electrons. The number of aliphatic hydroxyl groups excluding tert-OH is 1. The zero-order chi connectivity index (χ0) is 13.2. The summed E-state index contributed by atoms with van der Waals surface area (Å²) in [5, 5.41) is 8.68. The van der Waals surface area contributed by atoms with Crippen LogP contribution >= 0.6 is 0 Å². The minimum Gasteiger partial charge on any atom is -0.394 e. The van der Waals surface area contributed by atoms with Crippen LogP contribution in [0.25, 0.3) is 0 Å². The van der Waals surface area contributed by atoms with Gasteiger partial charge in [0.05, 0.1) is 19.3 Å². The molecule has 5 nitrogen and oxygen atoms in total. The number of nitrogens with zero attached hydrogens (tertiary/aromatic N) is 1. The molecule has 1 saturated heterocycles. The normalized spacial score (nSPS) is 17.1. The van der Waals surface area contributed by atoms with Gasteiger partial charge in [-0.2, -0.15) is 0 Å². The van der Waals surface area contributed by atoms with Crippen molar-refractivity contribution in [1.29, 1.82) is 0 Å². The van der Waals surface area contributed by atoms with E-state index in [2.05, 4.69) is 0 Å². The highest BCUT2D eigenvalue weighted by Gasteiger charge is 2.22. The molecule has 0 aliphatic carbocycles. The van der Waals surface area contributed by atoms with E-state index < -0.39 is 0 Å². The highest BCUT2D eigenvalue weighted by molar-refractivity contribution is 5.76. The van der Waals surface area contributed by atoms with Crippen molar-refractivity contribution in [2.24, 2.45) is 5.73 Å². The third-order valence-electron chi connectivity index (χ3n) is 3.33. The molecule has 0 aromatic carbocycles. The molecular weight excluding hydrogens is 232 g/mol. The lowest BCUT2D eigenvalue weighted by molar-refractivity contribution is -0.134. The summed E-state index contributed by atoms with van der Waals surface area (Å²) in [6.07, 6.45) is 5.60. The predicted octanol–water partition coefficient (Wildman–Crippen LogP) is 0.505. The van der Waals surface area contributed by atoms with E-state index in [1.165, 1.54) is 0 Å².